The maximum absolute atomic E-state index is 12.5. The van der Waals surface area contributed by atoms with Crippen molar-refractivity contribution in [2.75, 3.05) is 13.7 Å². The third kappa shape index (κ3) is 2.42. The van der Waals surface area contributed by atoms with Gasteiger partial charge >= 0.3 is 0 Å². The van der Waals surface area contributed by atoms with Gasteiger partial charge in [-0.25, -0.2) is 0 Å². The number of nitrogens with zero attached hydrogens (tertiary/aromatic N) is 5. The predicted molar refractivity (Wildman–Crippen MR) is 73.5 cm³/mol. The molecule has 0 aromatic carbocycles. The van der Waals surface area contributed by atoms with Crippen molar-refractivity contribution in [1.29, 1.82) is 0 Å². The first kappa shape index (κ1) is 13.7. The molecule has 0 fully saturated rings. The molecule has 2 aromatic rings. The molecule has 2 aromatic heterocycles. The van der Waals surface area contributed by atoms with E-state index in [-0.39, 0.29) is 11.9 Å². The predicted octanol–water partition coefficient (Wildman–Crippen LogP) is 0.673. The van der Waals surface area contributed by atoms with Crippen molar-refractivity contribution < 1.29 is 9.53 Å². The second-order valence-electron chi connectivity index (χ2n) is 5.31. The molecule has 0 radical (unpaired) electrons. The second kappa shape index (κ2) is 5.28. The lowest BCUT2D eigenvalue weighted by Crippen LogP contribution is -2.41. The van der Waals surface area contributed by atoms with Gasteiger partial charge in [-0.3, -0.25) is 9.89 Å². The zero-order chi connectivity index (χ0) is 15.0. The minimum Gasteiger partial charge on any atom is -0.377 e. The Morgan fingerprint density at radius 2 is 2.33 bits per heavy atom. The first-order valence-corrected chi connectivity index (χ1v) is 6.83. The zero-order valence-electron chi connectivity index (χ0n) is 12.3. The Morgan fingerprint density at radius 1 is 1.52 bits per heavy atom. The fraction of sp³-hybridized carbons (Fsp3) is 0.538. The summed E-state index contributed by atoms with van der Waals surface area (Å²) >= 11 is 0. The van der Waals surface area contributed by atoms with Gasteiger partial charge in [-0.2, -0.15) is 5.10 Å². The number of hydrogen-bond acceptors (Lipinski definition) is 5. The van der Waals surface area contributed by atoms with Crippen LogP contribution < -0.4 is 0 Å². The number of H-pyrrole nitrogens is 1. The molecule has 0 saturated carbocycles. The average Bonchev–Trinajstić information content (AvgIpc) is 3.05. The number of amides is 1. The lowest BCUT2D eigenvalue weighted by molar-refractivity contribution is 0.0669. The zero-order valence-corrected chi connectivity index (χ0v) is 12.3. The van der Waals surface area contributed by atoms with Gasteiger partial charge in [-0.05, 0) is 19.9 Å². The first-order valence-electron chi connectivity index (χ1n) is 6.83. The van der Waals surface area contributed by atoms with Crippen LogP contribution in [-0.2, 0) is 17.9 Å². The third-order valence-corrected chi connectivity index (χ3v) is 3.58. The molecule has 0 aliphatic carbocycles. The lowest BCUT2D eigenvalue weighted by atomic mass is 10.2. The molecule has 3 heterocycles. The number of rotatable bonds is 3. The Morgan fingerprint density at radius 3 is 3.00 bits per heavy atom. The maximum Gasteiger partial charge on any atom is 0.274 e. The molecule has 0 saturated heterocycles. The molecule has 1 amide bonds. The van der Waals surface area contributed by atoms with Crippen molar-refractivity contribution in [3.05, 3.63) is 29.1 Å². The number of aryl methyl sites for hydroxylation is 1. The molecule has 1 atom stereocenters. The number of carbonyl (C=O) groups is 1. The van der Waals surface area contributed by atoms with Crippen molar-refractivity contribution in [3.63, 3.8) is 0 Å². The summed E-state index contributed by atoms with van der Waals surface area (Å²) in [6.45, 7) is 5.37. The number of fused-ring (bicyclic) bond motifs is 1. The Bertz CT molecular complexity index is 661. The van der Waals surface area contributed by atoms with Gasteiger partial charge in [0.2, 0.25) is 0 Å². The Kier molecular flexibility index (Phi) is 3.46. The first-order chi connectivity index (χ1) is 10.1. The van der Waals surface area contributed by atoms with E-state index in [9.17, 15) is 4.79 Å². The number of methoxy groups -OCH3 is 1. The summed E-state index contributed by atoms with van der Waals surface area (Å²) in [6, 6.07) is 1.86. The highest BCUT2D eigenvalue weighted by Crippen LogP contribution is 2.23. The minimum absolute atomic E-state index is 0.0891. The van der Waals surface area contributed by atoms with Gasteiger partial charge < -0.3 is 14.2 Å². The fourth-order valence-corrected chi connectivity index (χ4v) is 2.69. The van der Waals surface area contributed by atoms with Gasteiger partial charge in [-0.1, -0.05) is 0 Å². The molecule has 8 heteroatoms. The monoisotopic (exact) mass is 290 g/mol. The second-order valence-corrected chi connectivity index (χ2v) is 5.31. The van der Waals surface area contributed by atoms with E-state index in [2.05, 4.69) is 20.4 Å². The highest BCUT2D eigenvalue weighted by Gasteiger charge is 2.30. The average molecular weight is 290 g/mol. The van der Waals surface area contributed by atoms with E-state index in [1.165, 1.54) is 0 Å². The van der Waals surface area contributed by atoms with Crippen LogP contribution in [0.4, 0.5) is 0 Å². The summed E-state index contributed by atoms with van der Waals surface area (Å²) in [5.41, 5.74) is 1.30. The van der Waals surface area contributed by atoms with Crippen molar-refractivity contribution >= 4 is 5.91 Å². The van der Waals surface area contributed by atoms with Crippen LogP contribution in [-0.4, -0.2) is 49.4 Å². The third-order valence-electron chi connectivity index (χ3n) is 3.58. The van der Waals surface area contributed by atoms with Crippen LogP contribution in [0.3, 0.4) is 0 Å². The van der Waals surface area contributed by atoms with Crippen LogP contribution in [0, 0.1) is 6.92 Å². The molecule has 8 nitrogen and oxygen atoms in total. The summed E-state index contributed by atoms with van der Waals surface area (Å²) in [7, 11) is 1.63. The minimum atomic E-state index is -0.0891. The van der Waals surface area contributed by atoms with Crippen LogP contribution in [0.15, 0.2) is 6.07 Å². The number of hydrogen-bond donors (Lipinski definition) is 1. The molecule has 1 N–H and O–H groups in total. The topological polar surface area (TPSA) is 88.9 Å². The standard InChI is InChI=1S/C13H18N6O2/c1-8-4-10(15-14-8)13(20)18-5-9(2)19-11(6-18)16-17-12(19)7-21-3/h4,9H,5-7H2,1-3H3,(H,14,15)/t9-/m0/s1. The van der Waals surface area contributed by atoms with Crippen LogP contribution in [0.2, 0.25) is 0 Å². The quantitative estimate of drug-likeness (QED) is 0.897. The summed E-state index contributed by atoms with van der Waals surface area (Å²) in [6.07, 6.45) is 0. The maximum atomic E-state index is 12.5. The van der Waals surface area contributed by atoms with Crippen molar-refractivity contribution in [3.8, 4) is 0 Å². The van der Waals surface area contributed by atoms with Crippen LogP contribution in [0.1, 0.15) is 40.8 Å². The van der Waals surface area contributed by atoms with Crippen LogP contribution in [0.5, 0.6) is 0 Å². The van der Waals surface area contributed by atoms with Crippen molar-refractivity contribution in [2.24, 2.45) is 0 Å². The highest BCUT2D eigenvalue weighted by atomic mass is 16.5. The van der Waals surface area contributed by atoms with Gasteiger partial charge in [-0.15, -0.1) is 10.2 Å². The van der Waals surface area contributed by atoms with Gasteiger partial charge in [0.05, 0.1) is 12.6 Å². The summed E-state index contributed by atoms with van der Waals surface area (Å²) in [4.78, 5) is 14.2. The molecule has 0 unspecified atom stereocenters. The van der Waals surface area contributed by atoms with E-state index in [1.807, 2.05) is 18.4 Å². The lowest BCUT2D eigenvalue weighted by Gasteiger charge is -2.32. The van der Waals surface area contributed by atoms with E-state index in [0.29, 0.717) is 25.4 Å². The van der Waals surface area contributed by atoms with Crippen LogP contribution >= 0.6 is 0 Å². The van der Waals surface area contributed by atoms with Gasteiger partial charge in [0.25, 0.3) is 5.91 Å². The fourth-order valence-electron chi connectivity index (χ4n) is 2.69. The molecule has 1 aliphatic rings. The number of nitrogens with one attached hydrogen (secondary N) is 1. The number of aromatic nitrogens is 5. The van der Waals surface area contributed by atoms with Crippen molar-refractivity contribution in [2.45, 2.75) is 33.0 Å². The highest BCUT2D eigenvalue weighted by molar-refractivity contribution is 5.92. The largest absolute Gasteiger partial charge is 0.377 e. The summed E-state index contributed by atoms with van der Waals surface area (Å²) in [5, 5.41) is 15.1. The molecule has 0 spiro atoms. The molecular formula is C13H18N6O2. The van der Waals surface area contributed by atoms with E-state index >= 15 is 0 Å². The van der Waals surface area contributed by atoms with Crippen molar-refractivity contribution in [1.82, 2.24) is 29.9 Å². The summed E-state index contributed by atoms with van der Waals surface area (Å²) < 4.78 is 7.17. The van der Waals surface area contributed by atoms with Gasteiger partial charge in [0.1, 0.15) is 12.3 Å². The van der Waals surface area contributed by atoms with E-state index < -0.39 is 0 Å². The molecular weight excluding hydrogens is 272 g/mol. The Hall–Kier alpha value is -2.22. The number of aromatic amines is 1. The number of ether oxygens (including phenoxy) is 1. The Balaban J connectivity index is 1.83. The normalized spacial score (nSPS) is 17.9. The molecule has 1 aliphatic heterocycles. The SMILES string of the molecule is COCc1nnc2n1[C@@H](C)CN(C(=O)c1cc(C)[nH]n1)C2. The summed E-state index contributed by atoms with van der Waals surface area (Å²) in [5.74, 6) is 1.48. The molecule has 3 rings (SSSR count). The molecule has 21 heavy (non-hydrogen) atoms. The smallest absolute Gasteiger partial charge is 0.274 e. The number of carbonyl (C=O) groups excluding carboxylic acids is 1. The molecule has 0 bridgehead atoms. The molecule has 112 valence electrons. The van der Waals surface area contributed by atoms with E-state index in [1.54, 1.807) is 18.1 Å². The Labute approximate surface area is 122 Å². The van der Waals surface area contributed by atoms with Gasteiger partial charge in [0, 0.05) is 19.3 Å². The van der Waals surface area contributed by atoms with E-state index in [4.69, 9.17) is 4.74 Å². The van der Waals surface area contributed by atoms with E-state index in [0.717, 1.165) is 17.3 Å². The van der Waals surface area contributed by atoms with Crippen LogP contribution in [0.25, 0.3) is 0 Å². The van der Waals surface area contributed by atoms with Gasteiger partial charge in [0.15, 0.2) is 11.6 Å².